The predicted molar refractivity (Wildman–Crippen MR) is 111 cm³/mol. The number of benzene rings is 2. The number of methoxy groups -OCH3 is 1. The molecule has 0 fully saturated rings. The van der Waals surface area contributed by atoms with Crippen LogP contribution in [-0.2, 0) is 11.3 Å². The smallest absolute Gasteiger partial charge is 0.337 e. The molecule has 7 nitrogen and oxygen atoms in total. The van der Waals surface area contributed by atoms with E-state index >= 15 is 0 Å². The van der Waals surface area contributed by atoms with Gasteiger partial charge in [-0.15, -0.1) is 0 Å². The van der Waals surface area contributed by atoms with E-state index in [4.69, 9.17) is 0 Å². The van der Waals surface area contributed by atoms with Crippen LogP contribution >= 0.6 is 0 Å². The Morgan fingerprint density at radius 2 is 1.72 bits per heavy atom. The lowest BCUT2D eigenvalue weighted by Crippen LogP contribution is -2.27. The van der Waals surface area contributed by atoms with Gasteiger partial charge in [-0.05, 0) is 36.8 Å². The molecule has 0 atom stereocenters. The number of aryl methyl sites for hydroxylation is 1. The summed E-state index contributed by atoms with van der Waals surface area (Å²) in [4.78, 5) is 37.2. The molecule has 3 aromatic rings. The summed E-state index contributed by atoms with van der Waals surface area (Å²) in [6.07, 6.45) is 2.82. The van der Waals surface area contributed by atoms with E-state index in [0.29, 0.717) is 28.6 Å². The van der Waals surface area contributed by atoms with Crippen molar-refractivity contribution in [2.45, 2.75) is 32.7 Å². The Morgan fingerprint density at radius 1 is 1.03 bits per heavy atom. The zero-order valence-electron chi connectivity index (χ0n) is 16.5. The fourth-order valence-corrected chi connectivity index (χ4v) is 3.06. The van der Waals surface area contributed by atoms with Crippen molar-refractivity contribution in [3.8, 4) is 0 Å². The van der Waals surface area contributed by atoms with Crippen LogP contribution in [0.25, 0.3) is 10.8 Å². The van der Waals surface area contributed by atoms with Gasteiger partial charge in [0.25, 0.3) is 11.5 Å². The molecular formula is C22H23N3O4. The average molecular weight is 393 g/mol. The molecule has 1 amide bonds. The van der Waals surface area contributed by atoms with Crippen LogP contribution < -0.4 is 10.9 Å². The van der Waals surface area contributed by atoms with Gasteiger partial charge in [0.15, 0.2) is 5.69 Å². The Bertz CT molecular complexity index is 1090. The molecule has 1 N–H and O–H groups in total. The first-order chi connectivity index (χ1) is 14.0. The summed E-state index contributed by atoms with van der Waals surface area (Å²) in [6, 6.07) is 13.3. The van der Waals surface area contributed by atoms with Gasteiger partial charge in [0, 0.05) is 17.6 Å². The van der Waals surface area contributed by atoms with Gasteiger partial charge >= 0.3 is 5.97 Å². The van der Waals surface area contributed by atoms with Crippen LogP contribution in [0.3, 0.4) is 0 Å². The maximum atomic E-state index is 12.9. The number of anilines is 1. The molecule has 0 unspecified atom stereocenters. The van der Waals surface area contributed by atoms with Crippen molar-refractivity contribution in [2.75, 3.05) is 12.4 Å². The molecule has 150 valence electrons. The summed E-state index contributed by atoms with van der Waals surface area (Å²) < 4.78 is 6.04. The van der Waals surface area contributed by atoms with Crippen LogP contribution in [0.1, 0.15) is 47.0 Å². The molecule has 1 heterocycles. The van der Waals surface area contributed by atoms with Gasteiger partial charge in [-0.2, -0.15) is 5.10 Å². The van der Waals surface area contributed by atoms with Crippen molar-refractivity contribution in [3.05, 3.63) is 70.1 Å². The lowest BCUT2D eigenvalue weighted by Gasteiger charge is -2.11. The van der Waals surface area contributed by atoms with E-state index in [1.807, 2.05) is 0 Å². The highest BCUT2D eigenvalue weighted by molar-refractivity contribution is 6.11. The quantitative estimate of drug-likeness (QED) is 0.489. The third-order valence-corrected chi connectivity index (χ3v) is 4.62. The fourth-order valence-electron chi connectivity index (χ4n) is 3.06. The van der Waals surface area contributed by atoms with Crippen LogP contribution in [0.15, 0.2) is 53.3 Å². The standard InChI is InChI=1S/C22H23N3O4/c1-3-4-7-14-25-21(27)18-9-6-5-8-17(18)19(24-25)20(26)23-16-12-10-15(11-13-16)22(28)29-2/h5-6,8-13H,3-4,7,14H2,1-2H3,(H,23,26). The topological polar surface area (TPSA) is 90.3 Å². The number of carbonyl (C=O) groups is 2. The second-order valence-electron chi connectivity index (χ2n) is 6.65. The number of nitrogens with zero attached hydrogens (tertiary/aromatic N) is 2. The molecule has 0 saturated carbocycles. The molecule has 0 aliphatic carbocycles. The van der Waals surface area contributed by atoms with E-state index in [-0.39, 0.29) is 11.3 Å². The molecule has 0 aliphatic heterocycles. The molecule has 1 aromatic heterocycles. The van der Waals surface area contributed by atoms with E-state index in [2.05, 4.69) is 22.1 Å². The molecular weight excluding hydrogens is 370 g/mol. The highest BCUT2D eigenvalue weighted by Gasteiger charge is 2.17. The predicted octanol–water partition coefficient (Wildman–Crippen LogP) is 3.63. The van der Waals surface area contributed by atoms with Crippen molar-refractivity contribution in [3.63, 3.8) is 0 Å². The second kappa shape index (κ2) is 9.14. The molecule has 0 saturated heterocycles. The van der Waals surface area contributed by atoms with Crippen molar-refractivity contribution < 1.29 is 14.3 Å². The third-order valence-electron chi connectivity index (χ3n) is 4.62. The van der Waals surface area contributed by atoms with Gasteiger partial charge in [0.05, 0.1) is 18.1 Å². The zero-order valence-corrected chi connectivity index (χ0v) is 16.5. The van der Waals surface area contributed by atoms with Gasteiger partial charge in [0.2, 0.25) is 0 Å². The summed E-state index contributed by atoms with van der Waals surface area (Å²) in [6.45, 7) is 2.55. The highest BCUT2D eigenvalue weighted by atomic mass is 16.5. The normalized spacial score (nSPS) is 10.7. The minimum Gasteiger partial charge on any atom is -0.465 e. The number of hydrogen-bond acceptors (Lipinski definition) is 5. The Balaban J connectivity index is 1.93. The van der Waals surface area contributed by atoms with Gasteiger partial charge in [-0.3, -0.25) is 9.59 Å². The molecule has 29 heavy (non-hydrogen) atoms. The van der Waals surface area contributed by atoms with E-state index in [1.165, 1.54) is 11.8 Å². The Kier molecular flexibility index (Phi) is 6.39. The minimum atomic E-state index is -0.449. The second-order valence-corrected chi connectivity index (χ2v) is 6.65. The number of carbonyl (C=O) groups excluding carboxylic acids is 2. The Hall–Kier alpha value is -3.48. The summed E-state index contributed by atoms with van der Waals surface area (Å²) >= 11 is 0. The number of esters is 1. The number of amides is 1. The number of ether oxygens (including phenoxy) is 1. The number of unbranched alkanes of at least 4 members (excludes halogenated alkanes) is 2. The lowest BCUT2D eigenvalue weighted by molar-refractivity contribution is 0.0600. The van der Waals surface area contributed by atoms with Gasteiger partial charge in [0.1, 0.15) is 0 Å². The average Bonchev–Trinajstić information content (AvgIpc) is 2.75. The van der Waals surface area contributed by atoms with E-state index in [9.17, 15) is 14.4 Å². The van der Waals surface area contributed by atoms with Crippen LogP contribution in [0.4, 0.5) is 5.69 Å². The first kappa shape index (κ1) is 20.3. The molecule has 7 heteroatoms. The summed E-state index contributed by atoms with van der Waals surface area (Å²) in [5, 5.41) is 8.10. The van der Waals surface area contributed by atoms with Crippen LogP contribution in [0.5, 0.6) is 0 Å². The number of aromatic nitrogens is 2. The van der Waals surface area contributed by atoms with Gasteiger partial charge in [-0.1, -0.05) is 38.0 Å². The molecule has 0 aliphatic rings. The number of nitrogens with one attached hydrogen (secondary N) is 1. The summed E-state index contributed by atoms with van der Waals surface area (Å²) in [5.41, 5.74) is 0.889. The van der Waals surface area contributed by atoms with Gasteiger partial charge < -0.3 is 10.1 Å². The number of rotatable bonds is 7. The van der Waals surface area contributed by atoms with Crippen LogP contribution in [0, 0.1) is 0 Å². The lowest BCUT2D eigenvalue weighted by atomic mass is 10.1. The monoisotopic (exact) mass is 393 g/mol. The maximum Gasteiger partial charge on any atom is 0.337 e. The molecule has 3 rings (SSSR count). The molecule has 2 aromatic carbocycles. The SMILES string of the molecule is CCCCCn1nc(C(=O)Nc2ccc(C(=O)OC)cc2)c2ccccc2c1=O. The minimum absolute atomic E-state index is 0.189. The highest BCUT2D eigenvalue weighted by Crippen LogP contribution is 2.17. The fraction of sp³-hybridized carbons (Fsp3) is 0.273. The molecule has 0 radical (unpaired) electrons. The first-order valence-corrected chi connectivity index (χ1v) is 9.54. The Labute approximate surface area is 168 Å². The van der Waals surface area contributed by atoms with Crippen molar-refractivity contribution in [1.82, 2.24) is 9.78 Å². The zero-order chi connectivity index (χ0) is 20.8. The first-order valence-electron chi connectivity index (χ1n) is 9.54. The van der Waals surface area contributed by atoms with E-state index < -0.39 is 11.9 Å². The third kappa shape index (κ3) is 4.51. The van der Waals surface area contributed by atoms with Crippen LogP contribution in [-0.4, -0.2) is 28.8 Å². The van der Waals surface area contributed by atoms with Crippen molar-refractivity contribution in [1.29, 1.82) is 0 Å². The molecule has 0 spiro atoms. The number of hydrogen-bond donors (Lipinski definition) is 1. The summed E-state index contributed by atoms with van der Waals surface area (Å²) in [7, 11) is 1.31. The Morgan fingerprint density at radius 3 is 2.38 bits per heavy atom. The summed E-state index contributed by atoms with van der Waals surface area (Å²) in [5.74, 6) is -0.869. The van der Waals surface area contributed by atoms with Crippen molar-refractivity contribution in [2.24, 2.45) is 0 Å². The maximum absolute atomic E-state index is 12.9. The van der Waals surface area contributed by atoms with E-state index in [1.54, 1.807) is 48.5 Å². The van der Waals surface area contributed by atoms with E-state index in [0.717, 1.165) is 19.3 Å². The van der Waals surface area contributed by atoms with Crippen LogP contribution in [0.2, 0.25) is 0 Å². The van der Waals surface area contributed by atoms with Crippen molar-refractivity contribution >= 4 is 28.3 Å². The number of fused-ring (bicyclic) bond motifs is 1. The largest absolute Gasteiger partial charge is 0.465 e. The van der Waals surface area contributed by atoms with Gasteiger partial charge in [-0.25, -0.2) is 9.48 Å². The molecule has 0 bridgehead atoms.